The van der Waals surface area contributed by atoms with Crippen LogP contribution >= 0.6 is 0 Å². The Hall–Kier alpha value is -0.610. The predicted molar refractivity (Wildman–Crippen MR) is 85.8 cm³/mol. The second kappa shape index (κ2) is 6.12. The molecule has 2 aliphatic carbocycles. The average molecular weight is 309 g/mol. The van der Waals surface area contributed by atoms with Gasteiger partial charge in [0, 0.05) is 12.6 Å². The van der Waals surface area contributed by atoms with Gasteiger partial charge in [-0.2, -0.15) is 0 Å². The van der Waals surface area contributed by atoms with Gasteiger partial charge in [-0.05, 0) is 69.2 Å². The number of aliphatic carboxylic acids is 1. The summed E-state index contributed by atoms with van der Waals surface area (Å²) in [5, 5.41) is 12.8. The largest absolute Gasteiger partial charge is 0.481 e. The van der Waals surface area contributed by atoms with Crippen LogP contribution in [-0.4, -0.2) is 35.9 Å². The number of hydrogen-bond acceptors (Lipinski definition) is 3. The van der Waals surface area contributed by atoms with Crippen molar-refractivity contribution in [2.45, 2.75) is 76.9 Å². The molecule has 0 aromatic carbocycles. The average Bonchev–Trinajstić information content (AvgIpc) is 2.43. The van der Waals surface area contributed by atoms with Crippen molar-refractivity contribution in [2.75, 3.05) is 13.2 Å². The van der Waals surface area contributed by atoms with Crippen LogP contribution in [-0.2, 0) is 9.53 Å². The van der Waals surface area contributed by atoms with Crippen molar-refractivity contribution in [3.05, 3.63) is 0 Å². The van der Waals surface area contributed by atoms with Gasteiger partial charge in [0.05, 0.1) is 11.5 Å². The Balaban J connectivity index is 1.41. The molecule has 3 fully saturated rings. The summed E-state index contributed by atoms with van der Waals surface area (Å²) in [4.78, 5) is 11.0. The van der Waals surface area contributed by atoms with E-state index in [-0.39, 0.29) is 11.5 Å². The molecule has 22 heavy (non-hydrogen) atoms. The first-order chi connectivity index (χ1) is 10.4. The van der Waals surface area contributed by atoms with Crippen LogP contribution in [0.4, 0.5) is 0 Å². The van der Waals surface area contributed by atoms with Gasteiger partial charge in [0.25, 0.3) is 0 Å². The molecule has 0 aromatic heterocycles. The second-order valence-corrected chi connectivity index (χ2v) is 8.68. The number of carbonyl (C=O) groups is 1. The second-order valence-electron chi connectivity index (χ2n) is 8.68. The monoisotopic (exact) mass is 309 g/mol. The lowest BCUT2D eigenvalue weighted by molar-refractivity contribution is -0.181. The molecule has 2 N–H and O–H groups in total. The van der Waals surface area contributed by atoms with E-state index in [1.807, 2.05) is 0 Å². The maximum Gasteiger partial charge on any atom is 0.306 e. The van der Waals surface area contributed by atoms with Gasteiger partial charge < -0.3 is 15.2 Å². The van der Waals surface area contributed by atoms with Crippen LogP contribution in [0.3, 0.4) is 0 Å². The topological polar surface area (TPSA) is 58.6 Å². The molecule has 1 unspecified atom stereocenters. The first-order valence-corrected chi connectivity index (χ1v) is 8.98. The fraction of sp³-hybridized carbons (Fsp3) is 0.944. The molecule has 2 saturated carbocycles. The van der Waals surface area contributed by atoms with E-state index in [9.17, 15) is 4.79 Å². The van der Waals surface area contributed by atoms with E-state index in [0.29, 0.717) is 24.3 Å². The third kappa shape index (κ3) is 3.65. The quantitative estimate of drug-likeness (QED) is 0.837. The zero-order chi connectivity index (χ0) is 15.8. The van der Waals surface area contributed by atoms with Crippen LogP contribution in [0.1, 0.15) is 65.2 Å². The smallest absolute Gasteiger partial charge is 0.306 e. The summed E-state index contributed by atoms with van der Waals surface area (Å²) in [6.45, 7) is 6.67. The Kier molecular flexibility index (Phi) is 4.52. The molecule has 1 aliphatic heterocycles. The summed E-state index contributed by atoms with van der Waals surface area (Å²) in [6.07, 6.45) is 8.85. The molecule has 4 nitrogen and oxygen atoms in total. The minimum Gasteiger partial charge on any atom is -0.481 e. The lowest BCUT2D eigenvalue weighted by Gasteiger charge is -2.50. The highest BCUT2D eigenvalue weighted by Crippen LogP contribution is 2.46. The fourth-order valence-corrected chi connectivity index (χ4v) is 4.50. The van der Waals surface area contributed by atoms with Crippen molar-refractivity contribution < 1.29 is 14.6 Å². The van der Waals surface area contributed by atoms with Crippen LogP contribution in [0.15, 0.2) is 0 Å². The zero-order valence-corrected chi connectivity index (χ0v) is 14.1. The van der Waals surface area contributed by atoms with Gasteiger partial charge in [-0.1, -0.05) is 13.8 Å². The zero-order valence-electron chi connectivity index (χ0n) is 14.1. The van der Waals surface area contributed by atoms with E-state index in [1.165, 1.54) is 25.7 Å². The van der Waals surface area contributed by atoms with Crippen LogP contribution in [0.5, 0.6) is 0 Å². The summed E-state index contributed by atoms with van der Waals surface area (Å²) in [5.74, 6) is -0.0200. The normalized spacial score (nSPS) is 31.8. The summed E-state index contributed by atoms with van der Waals surface area (Å²) >= 11 is 0. The summed E-state index contributed by atoms with van der Waals surface area (Å²) in [7, 11) is 0. The molecule has 1 saturated heterocycles. The molecule has 126 valence electrons. The van der Waals surface area contributed by atoms with E-state index in [1.54, 1.807) is 0 Å². The summed E-state index contributed by atoms with van der Waals surface area (Å²) in [6, 6.07) is 0.512. The molecule has 4 heteroatoms. The first kappa shape index (κ1) is 16.3. The van der Waals surface area contributed by atoms with E-state index >= 15 is 0 Å². The Labute approximate surface area is 134 Å². The molecule has 3 aliphatic rings. The lowest BCUT2D eigenvalue weighted by atomic mass is 9.66. The number of carboxylic acid groups (broad SMARTS) is 1. The van der Waals surface area contributed by atoms with Gasteiger partial charge >= 0.3 is 5.97 Å². The third-order valence-electron chi connectivity index (χ3n) is 6.23. The Morgan fingerprint density at radius 1 is 1.18 bits per heavy atom. The molecule has 3 rings (SSSR count). The molecule has 1 heterocycles. The lowest BCUT2D eigenvalue weighted by Crippen LogP contribution is -2.56. The minimum atomic E-state index is -0.658. The SMILES string of the molecule is CC1(C)CCC(CNC2CCOC3(C2)CC(C(=O)O)C3)CC1. The summed E-state index contributed by atoms with van der Waals surface area (Å²) in [5.41, 5.74) is 0.407. The van der Waals surface area contributed by atoms with Crippen LogP contribution in [0.2, 0.25) is 0 Å². The van der Waals surface area contributed by atoms with Crippen molar-refractivity contribution in [3.8, 4) is 0 Å². The first-order valence-electron chi connectivity index (χ1n) is 8.98. The maximum absolute atomic E-state index is 11.0. The van der Waals surface area contributed by atoms with Gasteiger partial charge in [0.1, 0.15) is 0 Å². The molecular formula is C18H31NO3. The van der Waals surface area contributed by atoms with Gasteiger partial charge in [0.15, 0.2) is 0 Å². The minimum absolute atomic E-state index is 0.131. The van der Waals surface area contributed by atoms with Crippen molar-refractivity contribution in [3.63, 3.8) is 0 Å². The number of carboxylic acids is 1. The predicted octanol–water partition coefficient (Wildman–Crippen LogP) is 3.20. The van der Waals surface area contributed by atoms with E-state index in [4.69, 9.17) is 9.84 Å². The highest BCUT2D eigenvalue weighted by Gasteiger charge is 2.51. The number of hydrogen-bond donors (Lipinski definition) is 2. The van der Waals surface area contributed by atoms with Gasteiger partial charge in [0.2, 0.25) is 0 Å². The van der Waals surface area contributed by atoms with Crippen molar-refractivity contribution >= 4 is 5.97 Å². The molecule has 0 aromatic rings. The van der Waals surface area contributed by atoms with Crippen LogP contribution in [0, 0.1) is 17.3 Å². The van der Waals surface area contributed by atoms with E-state index < -0.39 is 5.97 Å². The number of nitrogens with one attached hydrogen (secondary N) is 1. The Morgan fingerprint density at radius 3 is 2.50 bits per heavy atom. The van der Waals surface area contributed by atoms with E-state index in [0.717, 1.165) is 31.9 Å². The molecule has 1 spiro atoms. The van der Waals surface area contributed by atoms with Gasteiger partial charge in [-0.15, -0.1) is 0 Å². The molecule has 1 atom stereocenters. The maximum atomic E-state index is 11.0. The van der Waals surface area contributed by atoms with Crippen LogP contribution < -0.4 is 5.32 Å². The van der Waals surface area contributed by atoms with Crippen molar-refractivity contribution in [1.82, 2.24) is 5.32 Å². The number of ether oxygens (including phenoxy) is 1. The van der Waals surface area contributed by atoms with E-state index in [2.05, 4.69) is 19.2 Å². The number of rotatable bonds is 4. The highest BCUT2D eigenvalue weighted by atomic mass is 16.5. The molecule has 0 radical (unpaired) electrons. The Bertz CT molecular complexity index is 405. The molecular weight excluding hydrogens is 278 g/mol. The van der Waals surface area contributed by atoms with Gasteiger partial charge in [-0.25, -0.2) is 0 Å². The van der Waals surface area contributed by atoms with Gasteiger partial charge in [-0.3, -0.25) is 4.79 Å². The third-order valence-corrected chi connectivity index (χ3v) is 6.23. The highest BCUT2D eigenvalue weighted by molar-refractivity contribution is 5.71. The van der Waals surface area contributed by atoms with Crippen molar-refractivity contribution in [2.24, 2.45) is 17.3 Å². The molecule has 0 bridgehead atoms. The fourth-order valence-electron chi connectivity index (χ4n) is 4.50. The molecule has 0 amide bonds. The summed E-state index contributed by atoms with van der Waals surface area (Å²) < 4.78 is 5.93. The Morgan fingerprint density at radius 2 is 1.86 bits per heavy atom. The standard InChI is InChI=1S/C18H31NO3/c1-17(2)6-3-13(4-7-17)12-19-15-5-8-22-18(11-15)9-14(10-18)16(20)21/h13-15,19H,3-12H2,1-2H3,(H,20,21). The van der Waals surface area contributed by atoms with Crippen molar-refractivity contribution in [1.29, 1.82) is 0 Å². The van der Waals surface area contributed by atoms with Crippen LogP contribution in [0.25, 0.3) is 0 Å².